The van der Waals surface area contributed by atoms with Crippen molar-refractivity contribution < 1.29 is 4.74 Å². The molecule has 5 nitrogen and oxygen atoms in total. The van der Waals surface area contributed by atoms with Crippen LogP contribution < -0.4 is 0 Å². The SMILES string of the molecule is N#Cc1ncn(CCCC2CCCO2)n1. The highest BCUT2D eigenvalue weighted by Crippen LogP contribution is 2.16. The molecule has 1 fully saturated rings. The highest BCUT2D eigenvalue weighted by Gasteiger charge is 2.14. The summed E-state index contributed by atoms with van der Waals surface area (Å²) in [6.07, 6.45) is 6.51. The van der Waals surface area contributed by atoms with Gasteiger partial charge in [0.25, 0.3) is 5.82 Å². The van der Waals surface area contributed by atoms with Gasteiger partial charge in [0.15, 0.2) is 0 Å². The summed E-state index contributed by atoms with van der Waals surface area (Å²) in [5.41, 5.74) is 0. The summed E-state index contributed by atoms with van der Waals surface area (Å²) in [6.45, 7) is 1.72. The Balaban J connectivity index is 1.71. The minimum Gasteiger partial charge on any atom is -0.378 e. The van der Waals surface area contributed by atoms with Crippen LogP contribution in [-0.4, -0.2) is 27.5 Å². The highest BCUT2D eigenvalue weighted by molar-refractivity contribution is 5.05. The molecule has 0 aromatic carbocycles. The number of hydrogen-bond acceptors (Lipinski definition) is 4. The van der Waals surface area contributed by atoms with E-state index in [1.807, 2.05) is 6.07 Å². The summed E-state index contributed by atoms with van der Waals surface area (Å²) in [7, 11) is 0. The molecule has 1 atom stereocenters. The average Bonchev–Trinajstić information content (AvgIpc) is 2.88. The fourth-order valence-electron chi connectivity index (χ4n) is 1.81. The lowest BCUT2D eigenvalue weighted by Gasteiger charge is -2.07. The van der Waals surface area contributed by atoms with Gasteiger partial charge in [-0.1, -0.05) is 0 Å². The fraction of sp³-hybridized carbons (Fsp3) is 0.700. The minimum absolute atomic E-state index is 0.243. The molecule has 0 spiro atoms. The van der Waals surface area contributed by atoms with Crippen LogP contribution in [0, 0.1) is 11.3 Å². The van der Waals surface area contributed by atoms with Crippen molar-refractivity contribution in [1.82, 2.24) is 14.8 Å². The molecule has 5 heteroatoms. The zero-order valence-electron chi connectivity index (χ0n) is 8.59. The fourth-order valence-corrected chi connectivity index (χ4v) is 1.81. The van der Waals surface area contributed by atoms with E-state index in [1.165, 1.54) is 12.8 Å². The number of nitrogens with zero attached hydrogens (tertiary/aromatic N) is 4. The summed E-state index contributed by atoms with van der Waals surface area (Å²) in [4.78, 5) is 3.84. The molecule has 15 heavy (non-hydrogen) atoms. The molecule has 0 bridgehead atoms. The van der Waals surface area contributed by atoms with E-state index in [2.05, 4.69) is 10.1 Å². The van der Waals surface area contributed by atoms with Gasteiger partial charge < -0.3 is 4.74 Å². The van der Waals surface area contributed by atoms with Crippen LogP contribution in [0.2, 0.25) is 0 Å². The lowest BCUT2D eigenvalue weighted by atomic mass is 10.1. The first kappa shape index (κ1) is 10.1. The zero-order chi connectivity index (χ0) is 10.5. The van der Waals surface area contributed by atoms with Crippen LogP contribution in [0.3, 0.4) is 0 Å². The van der Waals surface area contributed by atoms with Crippen LogP contribution in [0.25, 0.3) is 0 Å². The normalized spacial score (nSPS) is 20.3. The van der Waals surface area contributed by atoms with Gasteiger partial charge in [0.2, 0.25) is 0 Å². The zero-order valence-corrected chi connectivity index (χ0v) is 8.59. The third-order valence-electron chi connectivity index (χ3n) is 2.57. The Morgan fingerprint density at radius 1 is 1.67 bits per heavy atom. The largest absolute Gasteiger partial charge is 0.378 e. The molecular weight excluding hydrogens is 192 g/mol. The summed E-state index contributed by atoms with van der Waals surface area (Å²) >= 11 is 0. The maximum atomic E-state index is 8.54. The van der Waals surface area contributed by atoms with Crippen LogP contribution in [0.4, 0.5) is 0 Å². The topological polar surface area (TPSA) is 63.7 Å². The molecular formula is C10H14N4O. The Kier molecular flexibility index (Phi) is 3.30. The van der Waals surface area contributed by atoms with Crippen LogP contribution >= 0.6 is 0 Å². The Bertz CT molecular complexity index is 349. The van der Waals surface area contributed by atoms with Crippen molar-refractivity contribution >= 4 is 0 Å². The molecule has 0 aliphatic carbocycles. The van der Waals surface area contributed by atoms with Crippen molar-refractivity contribution in [3.63, 3.8) is 0 Å². The Labute approximate surface area is 88.7 Å². The van der Waals surface area contributed by atoms with Gasteiger partial charge >= 0.3 is 0 Å². The van der Waals surface area contributed by atoms with E-state index in [9.17, 15) is 0 Å². The molecule has 1 saturated heterocycles. The lowest BCUT2D eigenvalue weighted by molar-refractivity contribution is 0.101. The highest BCUT2D eigenvalue weighted by atomic mass is 16.5. The smallest absolute Gasteiger partial charge is 0.252 e. The molecule has 1 aromatic heterocycles. The van der Waals surface area contributed by atoms with Gasteiger partial charge in [-0.3, -0.25) is 4.68 Å². The van der Waals surface area contributed by atoms with E-state index < -0.39 is 0 Å². The number of ether oxygens (including phenoxy) is 1. The molecule has 0 amide bonds. The Morgan fingerprint density at radius 2 is 2.60 bits per heavy atom. The second kappa shape index (κ2) is 4.89. The average molecular weight is 206 g/mol. The van der Waals surface area contributed by atoms with E-state index >= 15 is 0 Å². The molecule has 0 saturated carbocycles. The molecule has 2 rings (SSSR count). The Hall–Kier alpha value is -1.41. The molecule has 80 valence electrons. The van der Waals surface area contributed by atoms with E-state index in [0.29, 0.717) is 6.10 Å². The van der Waals surface area contributed by atoms with Crippen molar-refractivity contribution in [2.24, 2.45) is 0 Å². The third kappa shape index (κ3) is 2.77. The van der Waals surface area contributed by atoms with Crippen molar-refractivity contribution in [3.8, 4) is 6.07 Å². The van der Waals surface area contributed by atoms with Gasteiger partial charge in [0, 0.05) is 13.2 Å². The first-order chi connectivity index (χ1) is 7.38. The first-order valence-electron chi connectivity index (χ1n) is 5.29. The standard InChI is InChI=1S/C10H14N4O/c11-7-10-12-8-14(13-10)5-1-3-9-4-2-6-15-9/h8-9H,1-6H2. The van der Waals surface area contributed by atoms with E-state index in [1.54, 1.807) is 11.0 Å². The van der Waals surface area contributed by atoms with Gasteiger partial charge in [0.1, 0.15) is 12.4 Å². The van der Waals surface area contributed by atoms with Gasteiger partial charge in [0.05, 0.1) is 6.10 Å². The van der Waals surface area contributed by atoms with Crippen molar-refractivity contribution in [1.29, 1.82) is 5.26 Å². The van der Waals surface area contributed by atoms with Crippen molar-refractivity contribution in [2.75, 3.05) is 6.61 Å². The summed E-state index contributed by atoms with van der Waals surface area (Å²) in [5, 5.41) is 12.5. The summed E-state index contributed by atoms with van der Waals surface area (Å²) in [5.74, 6) is 0.243. The van der Waals surface area contributed by atoms with Gasteiger partial charge in [-0.15, -0.1) is 5.10 Å². The van der Waals surface area contributed by atoms with Crippen molar-refractivity contribution in [2.45, 2.75) is 38.3 Å². The van der Waals surface area contributed by atoms with E-state index in [4.69, 9.17) is 10.00 Å². The van der Waals surface area contributed by atoms with Crippen LogP contribution in [0.5, 0.6) is 0 Å². The van der Waals surface area contributed by atoms with Crippen LogP contribution in [-0.2, 0) is 11.3 Å². The molecule has 0 radical (unpaired) electrons. The second-order valence-electron chi connectivity index (χ2n) is 3.72. The number of aromatic nitrogens is 3. The number of rotatable bonds is 4. The van der Waals surface area contributed by atoms with Crippen molar-refractivity contribution in [3.05, 3.63) is 12.2 Å². The monoisotopic (exact) mass is 206 g/mol. The van der Waals surface area contributed by atoms with E-state index in [0.717, 1.165) is 26.0 Å². The quantitative estimate of drug-likeness (QED) is 0.740. The maximum absolute atomic E-state index is 8.54. The predicted molar refractivity (Wildman–Crippen MR) is 52.9 cm³/mol. The second-order valence-corrected chi connectivity index (χ2v) is 3.72. The summed E-state index contributed by atoms with van der Waals surface area (Å²) in [6, 6.07) is 1.91. The molecule has 1 aliphatic rings. The number of nitriles is 1. The molecule has 1 aromatic rings. The number of hydrogen-bond donors (Lipinski definition) is 0. The van der Waals surface area contributed by atoms with Gasteiger partial charge in [-0.05, 0) is 25.7 Å². The predicted octanol–water partition coefficient (Wildman–Crippen LogP) is 1.11. The maximum Gasteiger partial charge on any atom is 0.252 e. The van der Waals surface area contributed by atoms with Crippen LogP contribution in [0.15, 0.2) is 6.33 Å². The summed E-state index contributed by atoms with van der Waals surface area (Å²) < 4.78 is 7.24. The van der Waals surface area contributed by atoms with Crippen LogP contribution in [0.1, 0.15) is 31.5 Å². The molecule has 2 heterocycles. The first-order valence-corrected chi connectivity index (χ1v) is 5.29. The minimum atomic E-state index is 0.243. The van der Waals surface area contributed by atoms with Gasteiger partial charge in [-0.2, -0.15) is 5.26 Å². The molecule has 1 unspecified atom stereocenters. The third-order valence-corrected chi connectivity index (χ3v) is 2.57. The number of aryl methyl sites for hydroxylation is 1. The lowest BCUT2D eigenvalue weighted by Crippen LogP contribution is -2.07. The van der Waals surface area contributed by atoms with E-state index in [-0.39, 0.29) is 5.82 Å². The van der Waals surface area contributed by atoms with Gasteiger partial charge in [-0.25, -0.2) is 4.98 Å². The Morgan fingerprint density at radius 3 is 3.27 bits per heavy atom. The molecule has 0 N–H and O–H groups in total. The molecule has 1 aliphatic heterocycles.